The van der Waals surface area contributed by atoms with Crippen LogP contribution < -0.4 is 0 Å². The molecule has 2 nitrogen and oxygen atoms in total. The molecule has 0 amide bonds. The smallest absolute Gasteiger partial charge is 0.0851 e. The zero-order valence-corrected chi connectivity index (χ0v) is 19.4. The molecule has 0 bridgehead atoms. The van der Waals surface area contributed by atoms with E-state index in [-0.39, 0.29) is 0 Å². The lowest BCUT2D eigenvalue weighted by Crippen LogP contribution is -2.39. The minimum atomic E-state index is -0.455. The molecule has 2 aromatic carbocycles. The summed E-state index contributed by atoms with van der Waals surface area (Å²) in [4.78, 5) is 2.55. The Morgan fingerprint density at radius 3 is 2.40 bits per heavy atom. The van der Waals surface area contributed by atoms with Crippen molar-refractivity contribution in [1.82, 2.24) is 4.90 Å². The Kier molecular flexibility index (Phi) is 8.63. The quantitative estimate of drug-likeness (QED) is 0.365. The first-order valence-corrected chi connectivity index (χ1v) is 12.0. The van der Waals surface area contributed by atoms with Gasteiger partial charge in [0, 0.05) is 6.54 Å². The Hall–Kier alpha value is -1.53. The van der Waals surface area contributed by atoms with Crippen LogP contribution in [0.2, 0.25) is 10.0 Å². The summed E-state index contributed by atoms with van der Waals surface area (Å²) in [5, 5.41) is 11.4. The number of hydrogen-bond acceptors (Lipinski definition) is 2. The van der Waals surface area contributed by atoms with Crippen LogP contribution in [0.1, 0.15) is 56.6 Å². The third kappa shape index (κ3) is 5.58. The normalized spacial score (nSPS) is 16.1. The molecular weight excluding hydrogens is 411 g/mol. The van der Waals surface area contributed by atoms with Crippen LogP contribution in [0.3, 0.4) is 0 Å². The summed E-state index contributed by atoms with van der Waals surface area (Å²) in [5.41, 5.74) is 1.97. The largest absolute Gasteiger partial charge is 0.303 e. The van der Waals surface area contributed by atoms with Gasteiger partial charge in [-0.3, -0.25) is 0 Å². The minimum absolute atomic E-state index is 0.420. The van der Waals surface area contributed by atoms with Crippen molar-refractivity contribution in [2.45, 2.75) is 57.3 Å². The average molecular weight is 443 g/mol. The maximum Gasteiger partial charge on any atom is 0.0851 e. The number of nitriles is 1. The fourth-order valence-corrected chi connectivity index (χ4v) is 4.93. The zero-order valence-electron chi connectivity index (χ0n) is 17.9. The van der Waals surface area contributed by atoms with Gasteiger partial charge in [0.15, 0.2) is 0 Å². The summed E-state index contributed by atoms with van der Waals surface area (Å²) in [7, 11) is 0. The van der Waals surface area contributed by atoms with Crippen LogP contribution >= 0.6 is 23.2 Å². The molecular formula is C26H32Cl2N2. The highest BCUT2D eigenvalue weighted by Crippen LogP contribution is 2.47. The van der Waals surface area contributed by atoms with Gasteiger partial charge in [-0.25, -0.2) is 0 Å². The van der Waals surface area contributed by atoms with Gasteiger partial charge in [0.25, 0.3) is 0 Å². The minimum Gasteiger partial charge on any atom is -0.303 e. The van der Waals surface area contributed by atoms with E-state index in [1.165, 1.54) is 12.0 Å². The molecule has 0 saturated heterocycles. The molecule has 0 aromatic heterocycles. The van der Waals surface area contributed by atoms with Gasteiger partial charge in [0.05, 0.1) is 21.5 Å². The van der Waals surface area contributed by atoms with E-state index in [9.17, 15) is 5.26 Å². The third-order valence-corrected chi connectivity index (χ3v) is 7.32. The van der Waals surface area contributed by atoms with Gasteiger partial charge in [-0.05, 0) is 80.8 Å². The van der Waals surface area contributed by atoms with Gasteiger partial charge in [-0.1, -0.05) is 72.9 Å². The molecule has 0 spiro atoms. The lowest BCUT2D eigenvalue weighted by atomic mass is 9.61. The van der Waals surface area contributed by atoms with Crippen molar-refractivity contribution >= 4 is 23.2 Å². The van der Waals surface area contributed by atoms with Crippen LogP contribution in [0.4, 0.5) is 0 Å². The van der Waals surface area contributed by atoms with E-state index >= 15 is 0 Å². The fourth-order valence-electron chi connectivity index (χ4n) is 4.64. The maximum absolute atomic E-state index is 10.3. The summed E-state index contributed by atoms with van der Waals surface area (Å²) < 4.78 is 0. The van der Waals surface area contributed by atoms with Gasteiger partial charge >= 0.3 is 0 Å². The van der Waals surface area contributed by atoms with Crippen LogP contribution in [0.25, 0.3) is 0 Å². The highest BCUT2D eigenvalue weighted by molar-refractivity contribution is 6.42. The lowest BCUT2D eigenvalue weighted by molar-refractivity contribution is 0.184. The molecule has 0 aliphatic heterocycles. The monoisotopic (exact) mass is 442 g/mol. The van der Waals surface area contributed by atoms with E-state index in [0.29, 0.717) is 16.0 Å². The first kappa shape index (κ1) is 23.1. The van der Waals surface area contributed by atoms with E-state index in [4.69, 9.17) is 23.2 Å². The highest BCUT2D eigenvalue weighted by Gasteiger charge is 2.43. The van der Waals surface area contributed by atoms with Crippen molar-refractivity contribution in [1.29, 1.82) is 5.26 Å². The summed E-state index contributed by atoms with van der Waals surface area (Å²) in [6.45, 7) is 5.42. The Balaban J connectivity index is 1.66. The number of rotatable bonds is 11. The van der Waals surface area contributed by atoms with Crippen molar-refractivity contribution in [2.24, 2.45) is 5.92 Å². The molecule has 1 unspecified atom stereocenters. The van der Waals surface area contributed by atoms with Gasteiger partial charge in [-0.2, -0.15) is 5.26 Å². The predicted molar refractivity (Wildman–Crippen MR) is 127 cm³/mol. The Morgan fingerprint density at radius 1 is 1.03 bits per heavy atom. The van der Waals surface area contributed by atoms with Crippen molar-refractivity contribution in [3.63, 3.8) is 0 Å². The molecule has 1 aliphatic rings. The van der Waals surface area contributed by atoms with Crippen molar-refractivity contribution < 1.29 is 0 Å². The molecule has 0 N–H and O–H groups in total. The number of benzene rings is 2. The van der Waals surface area contributed by atoms with Crippen LogP contribution in [-0.4, -0.2) is 24.5 Å². The maximum atomic E-state index is 10.3. The molecule has 1 aliphatic carbocycles. The van der Waals surface area contributed by atoms with Gasteiger partial charge < -0.3 is 4.90 Å². The first-order valence-electron chi connectivity index (χ1n) is 11.2. The van der Waals surface area contributed by atoms with Crippen LogP contribution in [0.15, 0.2) is 48.5 Å². The Bertz CT molecular complexity index is 842. The second-order valence-corrected chi connectivity index (χ2v) is 9.34. The summed E-state index contributed by atoms with van der Waals surface area (Å²) in [6, 6.07) is 19.2. The van der Waals surface area contributed by atoms with E-state index < -0.39 is 5.41 Å². The molecule has 3 rings (SSSR count). The van der Waals surface area contributed by atoms with Crippen molar-refractivity contribution in [2.75, 3.05) is 19.6 Å². The molecule has 2 aromatic rings. The van der Waals surface area contributed by atoms with Crippen molar-refractivity contribution in [3.8, 4) is 6.07 Å². The number of nitrogens with zero attached hydrogens (tertiary/aromatic N) is 2. The summed E-state index contributed by atoms with van der Waals surface area (Å²) in [5.74, 6) is 0.420. The lowest BCUT2D eigenvalue weighted by Gasteiger charge is -2.41. The van der Waals surface area contributed by atoms with Gasteiger partial charge in [-0.15, -0.1) is 0 Å². The average Bonchev–Trinajstić information content (AvgIpc) is 2.72. The second kappa shape index (κ2) is 11.2. The summed E-state index contributed by atoms with van der Waals surface area (Å²) >= 11 is 12.5. The standard InChI is InChI=1S/C26H32Cl2N2/c1-2-16-30(18-14-21-8-4-3-5-9-21)17-7-15-26(20-29,22-10-6-11-22)23-12-13-24(27)25(28)19-23/h3-5,8-9,12-13,19,22H,2,6-7,10-11,14-18H2,1H3. The first-order chi connectivity index (χ1) is 14.6. The van der Waals surface area contributed by atoms with E-state index in [1.54, 1.807) is 0 Å². The Morgan fingerprint density at radius 2 is 1.80 bits per heavy atom. The highest BCUT2D eigenvalue weighted by atomic mass is 35.5. The van der Waals surface area contributed by atoms with E-state index in [1.807, 2.05) is 18.2 Å². The molecule has 30 heavy (non-hydrogen) atoms. The zero-order chi connectivity index (χ0) is 21.4. The molecule has 1 fully saturated rings. The third-order valence-electron chi connectivity index (χ3n) is 6.58. The molecule has 4 heteroatoms. The molecule has 160 valence electrons. The molecule has 1 saturated carbocycles. The van der Waals surface area contributed by atoms with Crippen LogP contribution in [0.5, 0.6) is 0 Å². The SMILES string of the molecule is CCCN(CCCC(C#N)(c1ccc(Cl)c(Cl)c1)C1CCC1)CCc1ccccc1. The van der Waals surface area contributed by atoms with E-state index in [2.05, 4.69) is 48.2 Å². The number of hydrogen-bond donors (Lipinski definition) is 0. The van der Waals surface area contributed by atoms with Gasteiger partial charge in [0.1, 0.15) is 0 Å². The van der Waals surface area contributed by atoms with Crippen LogP contribution in [0, 0.1) is 17.2 Å². The summed E-state index contributed by atoms with van der Waals surface area (Å²) in [6.07, 6.45) is 7.57. The van der Waals surface area contributed by atoms with Crippen LogP contribution in [-0.2, 0) is 11.8 Å². The second-order valence-electron chi connectivity index (χ2n) is 8.52. The van der Waals surface area contributed by atoms with Crippen molar-refractivity contribution in [3.05, 3.63) is 69.7 Å². The molecule has 0 heterocycles. The molecule has 0 radical (unpaired) electrons. The Labute approximate surface area is 191 Å². The fraction of sp³-hybridized carbons (Fsp3) is 0.500. The van der Waals surface area contributed by atoms with Gasteiger partial charge in [0.2, 0.25) is 0 Å². The number of halogens is 2. The van der Waals surface area contributed by atoms with E-state index in [0.717, 1.165) is 63.7 Å². The predicted octanol–water partition coefficient (Wildman–Crippen LogP) is 7.29. The topological polar surface area (TPSA) is 27.0 Å². The molecule has 1 atom stereocenters.